The van der Waals surface area contributed by atoms with Gasteiger partial charge in [0.1, 0.15) is 5.78 Å². The molecule has 0 aromatic heterocycles. The molecule has 0 radical (unpaired) electrons. The fraction of sp³-hybridized carbons (Fsp3) is 0.917. The van der Waals surface area contributed by atoms with Crippen molar-refractivity contribution < 1.29 is 19.0 Å². The van der Waals surface area contributed by atoms with E-state index in [1.807, 2.05) is 0 Å². The highest BCUT2D eigenvalue weighted by Gasteiger charge is 2.18. The molecule has 0 bridgehead atoms. The van der Waals surface area contributed by atoms with Crippen LogP contribution in [0.15, 0.2) is 0 Å². The summed E-state index contributed by atoms with van der Waals surface area (Å²) in [4.78, 5) is 10.7. The van der Waals surface area contributed by atoms with Crippen molar-refractivity contribution in [2.24, 2.45) is 5.92 Å². The Balaban J connectivity index is 1.89. The zero-order valence-electron chi connectivity index (χ0n) is 10.2. The minimum atomic E-state index is -0.482. The Hall–Kier alpha value is -0.450. The maximum atomic E-state index is 10.7. The van der Waals surface area contributed by atoms with E-state index in [0.29, 0.717) is 32.2 Å². The van der Waals surface area contributed by atoms with Crippen LogP contribution in [0.5, 0.6) is 0 Å². The van der Waals surface area contributed by atoms with Gasteiger partial charge in [-0.05, 0) is 19.8 Å². The second-order valence-electron chi connectivity index (χ2n) is 4.44. The van der Waals surface area contributed by atoms with Crippen LogP contribution in [0.4, 0.5) is 0 Å². The van der Waals surface area contributed by atoms with E-state index in [1.54, 1.807) is 6.92 Å². The second kappa shape index (κ2) is 7.76. The third-order valence-electron chi connectivity index (χ3n) is 2.46. The van der Waals surface area contributed by atoms with Crippen molar-refractivity contribution in [1.82, 2.24) is 0 Å². The molecule has 1 fully saturated rings. The summed E-state index contributed by atoms with van der Waals surface area (Å²) in [5, 5.41) is 0. The highest BCUT2D eigenvalue weighted by molar-refractivity contribution is 5.75. The van der Waals surface area contributed by atoms with Gasteiger partial charge in [0.15, 0.2) is 0 Å². The summed E-state index contributed by atoms with van der Waals surface area (Å²) in [7, 11) is 0. The van der Waals surface area contributed by atoms with Crippen LogP contribution in [0.1, 0.15) is 39.5 Å². The van der Waals surface area contributed by atoms with Crippen LogP contribution in [-0.4, -0.2) is 32.1 Å². The summed E-state index contributed by atoms with van der Waals surface area (Å²) in [5.74, 6) is 0.712. The summed E-state index contributed by atoms with van der Waals surface area (Å²) < 4.78 is 16.1. The molecule has 1 aliphatic heterocycles. The van der Waals surface area contributed by atoms with Gasteiger partial charge in [-0.15, -0.1) is 0 Å². The average molecular weight is 230 g/mol. The van der Waals surface area contributed by atoms with Crippen molar-refractivity contribution >= 4 is 5.78 Å². The molecule has 1 aliphatic rings. The fourth-order valence-electron chi connectivity index (χ4n) is 1.51. The smallest absolute Gasteiger partial charge is 0.271 e. The van der Waals surface area contributed by atoms with Crippen LogP contribution in [-0.2, 0) is 19.0 Å². The first kappa shape index (κ1) is 13.6. The molecule has 0 aromatic rings. The normalized spacial score (nSPS) is 25.6. The number of unbranched alkanes of at least 4 members (excludes halogenated alkanes) is 2. The second-order valence-corrected chi connectivity index (χ2v) is 4.44. The Morgan fingerprint density at radius 1 is 1.25 bits per heavy atom. The van der Waals surface area contributed by atoms with E-state index in [0.717, 1.165) is 19.3 Å². The Bertz CT molecular complexity index is 197. The maximum absolute atomic E-state index is 10.7. The molecule has 0 aliphatic carbocycles. The molecule has 16 heavy (non-hydrogen) atoms. The topological polar surface area (TPSA) is 44.8 Å². The van der Waals surface area contributed by atoms with Gasteiger partial charge in [-0.25, -0.2) is 0 Å². The van der Waals surface area contributed by atoms with Crippen LogP contribution in [0.25, 0.3) is 0 Å². The van der Waals surface area contributed by atoms with Crippen LogP contribution < -0.4 is 0 Å². The lowest BCUT2D eigenvalue weighted by atomic mass is 10.1. The lowest BCUT2D eigenvalue weighted by molar-refractivity contribution is -0.320. The Morgan fingerprint density at radius 3 is 2.56 bits per heavy atom. The molecule has 0 atom stereocenters. The molecule has 1 rings (SSSR count). The quantitative estimate of drug-likeness (QED) is 0.628. The zero-order valence-corrected chi connectivity index (χ0v) is 10.2. The number of carbonyl (C=O) groups is 1. The minimum Gasteiger partial charge on any atom is -0.330 e. The van der Waals surface area contributed by atoms with Crippen molar-refractivity contribution in [2.75, 3.05) is 19.8 Å². The van der Waals surface area contributed by atoms with Crippen LogP contribution in [0, 0.1) is 5.92 Å². The molecule has 0 spiro atoms. The standard InChI is InChI=1S/C12H22O4/c1-10-8-15-12(16-9-10)14-7-5-3-4-6-11(2)13/h10,12H,3-9H2,1-2H3. The molecular formula is C12H22O4. The first-order chi connectivity index (χ1) is 7.68. The van der Waals surface area contributed by atoms with E-state index in [1.165, 1.54) is 0 Å². The van der Waals surface area contributed by atoms with E-state index in [4.69, 9.17) is 14.2 Å². The lowest BCUT2D eigenvalue weighted by Crippen LogP contribution is -2.32. The highest BCUT2D eigenvalue weighted by Crippen LogP contribution is 2.12. The molecule has 0 N–H and O–H groups in total. The predicted molar refractivity (Wildman–Crippen MR) is 60.0 cm³/mol. The van der Waals surface area contributed by atoms with Gasteiger partial charge in [0, 0.05) is 12.3 Å². The molecule has 0 unspecified atom stereocenters. The predicted octanol–water partition coefficient (Wildman–Crippen LogP) is 2.12. The number of ether oxygens (including phenoxy) is 3. The van der Waals surface area contributed by atoms with E-state index < -0.39 is 6.48 Å². The molecule has 0 aromatic carbocycles. The summed E-state index contributed by atoms with van der Waals surface area (Å²) in [6, 6.07) is 0. The fourth-order valence-corrected chi connectivity index (χ4v) is 1.51. The third-order valence-corrected chi connectivity index (χ3v) is 2.46. The van der Waals surface area contributed by atoms with E-state index in [2.05, 4.69) is 6.92 Å². The maximum Gasteiger partial charge on any atom is 0.271 e. The van der Waals surface area contributed by atoms with Crippen molar-refractivity contribution in [2.45, 2.75) is 46.0 Å². The summed E-state index contributed by atoms with van der Waals surface area (Å²) in [5.41, 5.74) is 0. The highest BCUT2D eigenvalue weighted by atomic mass is 16.8. The number of hydrogen-bond acceptors (Lipinski definition) is 4. The number of hydrogen-bond donors (Lipinski definition) is 0. The van der Waals surface area contributed by atoms with Gasteiger partial charge < -0.3 is 19.0 Å². The molecule has 1 saturated heterocycles. The van der Waals surface area contributed by atoms with E-state index >= 15 is 0 Å². The van der Waals surface area contributed by atoms with Gasteiger partial charge in [-0.2, -0.15) is 0 Å². The molecule has 1 heterocycles. The zero-order chi connectivity index (χ0) is 11.8. The van der Waals surface area contributed by atoms with Gasteiger partial charge in [-0.3, -0.25) is 0 Å². The van der Waals surface area contributed by atoms with Crippen LogP contribution in [0.3, 0.4) is 0 Å². The number of carbonyl (C=O) groups excluding carboxylic acids is 1. The third kappa shape index (κ3) is 6.20. The monoisotopic (exact) mass is 230 g/mol. The van der Waals surface area contributed by atoms with Crippen molar-refractivity contribution in [3.8, 4) is 0 Å². The van der Waals surface area contributed by atoms with Crippen molar-refractivity contribution in [1.29, 1.82) is 0 Å². The van der Waals surface area contributed by atoms with Crippen molar-refractivity contribution in [3.63, 3.8) is 0 Å². The van der Waals surface area contributed by atoms with Gasteiger partial charge in [-0.1, -0.05) is 13.3 Å². The number of ketones is 1. The van der Waals surface area contributed by atoms with Crippen LogP contribution in [0.2, 0.25) is 0 Å². The summed E-state index contributed by atoms with van der Waals surface area (Å²) in [6.45, 7) is 5.27. The largest absolute Gasteiger partial charge is 0.330 e. The Morgan fingerprint density at radius 2 is 1.94 bits per heavy atom. The van der Waals surface area contributed by atoms with E-state index in [9.17, 15) is 4.79 Å². The molecule has 0 saturated carbocycles. The number of rotatable bonds is 7. The Labute approximate surface area is 97.2 Å². The van der Waals surface area contributed by atoms with Gasteiger partial charge in [0.05, 0.1) is 19.8 Å². The molecule has 4 heteroatoms. The SMILES string of the molecule is CC(=O)CCCCCOC1OCC(C)CO1. The average Bonchev–Trinajstić information content (AvgIpc) is 2.25. The first-order valence-corrected chi connectivity index (χ1v) is 6.02. The lowest BCUT2D eigenvalue weighted by Gasteiger charge is -2.26. The molecule has 4 nitrogen and oxygen atoms in total. The van der Waals surface area contributed by atoms with Gasteiger partial charge in [0.25, 0.3) is 6.48 Å². The van der Waals surface area contributed by atoms with E-state index in [-0.39, 0.29) is 5.78 Å². The summed E-state index contributed by atoms with van der Waals surface area (Å²) >= 11 is 0. The van der Waals surface area contributed by atoms with Crippen molar-refractivity contribution in [3.05, 3.63) is 0 Å². The van der Waals surface area contributed by atoms with Gasteiger partial charge in [0.2, 0.25) is 0 Å². The minimum absolute atomic E-state index is 0.258. The number of Topliss-reactive ketones (excluding diaryl/α,β-unsaturated/α-hetero) is 1. The molecule has 94 valence electrons. The first-order valence-electron chi connectivity index (χ1n) is 6.02. The van der Waals surface area contributed by atoms with Crippen LogP contribution >= 0.6 is 0 Å². The molecule has 0 amide bonds. The molecular weight excluding hydrogens is 208 g/mol. The summed E-state index contributed by atoms with van der Waals surface area (Å²) in [6.07, 6.45) is 3.59. The Kier molecular flexibility index (Phi) is 6.61. The van der Waals surface area contributed by atoms with Gasteiger partial charge >= 0.3 is 0 Å².